The second-order valence-corrected chi connectivity index (χ2v) is 23.7. The van der Waals surface area contributed by atoms with Gasteiger partial charge in [-0.25, -0.2) is 0 Å². The van der Waals surface area contributed by atoms with E-state index in [4.69, 9.17) is 9.97 Å². The molecule has 1 atom stereocenters. The number of fused-ring (bicyclic) bond motifs is 1. The predicted octanol–water partition coefficient (Wildman–Crippen LogP) is 8.04. The maximum absolute atomic E-state index is 4.86. The Morgan fingerprint density at radius 3 is 2.16 bits per heavy atom. The molecule has 2 aromatic carbocycles. The number of unbranched alkanes of at least 4 members (excludes halogenated alkanes) is 3. The van der Waals surface area contributed by atoms with Gasteiger partial charge in [0.25, 0.3) is 0 Å². The van der Waals surface area contributed by atoms with Crippen molar-refractivity contribution in [2.45, 2.75) is 85.6 Å². The predicted molar refractivity (Wildman–Crippen MR) is 160 cm³/mol. The summed E-state index contributed by atoms with van der Waals surface area (Å²) >= 11 is -2.50. The molecular formula is C31H43N5Sn. The van der Waals surface area contributed by atoms with Crippen LogP contribution in [0.4, 0.5) is 5.95 Å². The second kappa shape index (κ2) is 13.4. The summed E-state index contributed by atoms with van der Waals surface area (Å²) in [6.45, 7) is 9.15. The Kier molecular flexibility index (Phi) is 10.0. The van der Waals surface area contributed by atoms with E-state index >= 15 is 0 Å². The third-order valence-electron chi connectivity index (χ3n) is 7.72. The molecule has 0 aliphatic rings. The van der Waals surface area contributed by atoms with Crippen LogP contribution in [0.5, 0.6) is 0 Å². The molecule has 0 radical (unpaired) electrons. The van der Waals surface area contributed by atoms with E-state index in [1.165, 1.54) is 57.4 Å². The van der Waals surface area contributed by atoms with Crippen LogP contribution in [0.25, 0.3) is 16.9 Å². The molecule has 0 aliphatic carbocycles. The van der Waals surface area contributed by atoms with E-state index in [0.717, 1.165) is 16.9 Å². The molecule has 2 heterocycles. The van der Waals surface area contributed by atoms with Crippen molar-refractivity contribution in [1.82, 2.24) is 19.5 Å². The summed E-state index contributed by atoms with van der Waals surface area (Å²) in [7, 11) is 0. The number of hydrogen-bond acceptors (Lipinski definition) is 4. The Bertz CT molecular complexity index is 1230. The summed E-state index contributed by atoms with van der Waals surface area (Å²) in [5, 5.41) is 3.45. The first-order valence-electron chi connectivity index (χ1n) is 14.2. The summed E-state index contributed by atoms with van der Waals surface area (Å²) in [6.07, 6.45) is 11.7. The molecular weight excluding hydrogens is 561 g/mol. The van der Waals surface area contributed by atoms with Crippen LogP contribution in [0.2, 0.25) is 13.3 Å². The van der Waals surface area contributed by atoms with Crippen molar-refractivity contribution in [2.24, 2.45) is 0 Å². The maximum atomic E-state index is 4.86. The number of nitrogens with one attached hydrogen (secondary N) is 1. The van der Waals surface area contributed by atoms with Crippen LogP contribution < -0.4 is 8.90 Å². The molecule has 4 aromatic rings. The number of hydrogen-bond donors (Lipinski definition) is 1. The zero-order chi connectivity index (χ0) is 26.1. The molecule has 1 N–H and O–H groups in total. The minimum absolute atomic E-state index is 0.119. The molecule has 0 unspecified atom stereocenters. The van der Waals surface area contributed by atoms with Crippen molar-refractivity contribution < 1.29 is 0 Å². The normalized spacial score (nSPS) is 12.6. The van der Waals surface area contributed by atoms with Crippen LogP contribution in [-0.2, 0) is 0 Å². The fourth-order valence-electron chi connectivity index (χ4n) is 5.45. The van der Waals surface area contributed by atoms with Gasteiger partial charge in [-0.15, -0.1) is 0 Å². The van der Waals surface area contributed by atoms with Gasteiger partial charge in [-0.3, -0.25) is 0 Å². The summed E-state index contributed by atoms with van der Waals surface area (Å²) in [4.78, 5) is 14.2. The fraction of sp³-hybridized carbons (Fsp3) is 0.452. The molecule has 2 aromatic heterocycles. The molecule has 0 saturated heterocycles. The van der Waals surface area contributed by atoms with Crippen molar-refractivity contribution in [2.75, 3.05) is 5.32 Å². The summed E-state index contributed by atoms with van der Waals surface area (Å²) in [5.74, 6) is 1.46. The number of benzene rings is 2. The molecule has 5 nitrogen and oxygen atoms in total. The van der Waals surface area contributed by atoms with E-state index in [0.29, 0.717) is 5.95 Å². The standard InChI is InChI=1S/C19H16N5.3C4H9.Sn/c1-14(15-7-3-2-4-8-15)22-19-20-12-11-18(23-19)24-13-21-16-9-5-6-10-17(16)24;3*1-3-4-2;/h2-4,6-14H,1H3,(H,20,22,23);3*1,3-4H2,2H3;/t14-;;;;/m0..../s1. The first-order chi connectivity index (χ1) is 18.1. The molecule has 0 saturated carbocycles. The summed E-state index contributed by atoms with van der Waals surface area (Å²) < 4.78 is 8.18. The first-order valence-corrected chi connectivity index (χ1v) is 21.7. The monoisotopic (exact) mass is 605 g/mol. The van der Waals surface area contributed by atoms with Gasteiger partial charge in [0.05, 0.1) is 0 Å². The zero-order valence-electron chi connectivity index (χ0n) is 23.1. The van der Waals surface area contributed by atoms with E-state index in [-0.39, 0.29) is 6.04 Å². The molecule has 0 bridgehead atoms. The van der Waals surface area contributed by atoms with Crippen LogP contribution >= 0.6 is 0 Å². The van der Waals surface area contributed by atoms with Crippen molar-refractivity contribution in [3.63, 3.8) is 0 Å². The van der Waals surface area contributed by atoms with Gasteiger partial charge in [0.15, 0.2) is 0 Å². The van der Waals surface area contributed by atoms with Crippen molar-refractivity contribution >= 4 is 38.9 Å². The van der Waals surface area contributed by atoms with E-state index in [1.54, 1.807) is 3.58 Å². The van der Waals surface area contributed by atoms with Crippen molar-refractivity contribution in [1.29, 1.82) is 0 Å². The van der Waals surface area contributed by atoms with Gasteiger partial charge < -0.3 is 0 Å². The van der Waals surface area contributed by atoms with E-state index in [1.807, 2.05) is 24.7 Å². The zero-order valence-corrected chi connectivity index (χ0v) is 25.9. The minimum atomic E-state index is -2.50. The average molecular weight is 604 g/mol. The van der Waals surface area contributed by atoms with Crippen LogP contribution in [0.15, 0.2) is 67.1 Å². The number of rotatable bonds is 14. The Balaban J connectivity index is 1.63. The van der Waals surface area contributed by atoms with Gasteiger partial charge in [-0.1, -0.05) is 18.2 Å². The van der Waals surface area contributed by atoms with Gasteiger partial charge in [-0.05, 0) is 0 Å². The number of anilines is 1. The van der Waals surface area contributed by atoms with E-state index in [9.17, 15) is 0 Å². The van der Waals surface area contributed by atoms with Gasteiger partial charge >= 0.3 is 210 Å². The quantitative estimate of drug-likeness (QED) is 0.148. The number of imidazole rings is 1. The Morgan fingerprint density at radius 1 is 0.838 bits per heavy atom. The van der Waals surface area contributed by atoms with Crippen LogP contribution in [0.3, 0.4) is 0 Å². The van der Waals surface area contributed by atoms with Gasteiger partial charge in [-0.2, -0.15) is 0 Å². The fourth-order valence-corrected chi connectivity index (χ4v) is 21.4. The van der Waals surface area contributed by atoms with E-state index < -0.39 is 18.4 Å². The average Bonchev–Trinajstić information content (AvgIpc) is 3.37. The Morgan fingerprint density at radius 2 is 1.51 bits per heavy atom. The molecule has 6 heteroatoms. The van der Waals surface area contributed by atoms with Crippen LogP contribution in [0, 0.1) is 0 Å². The Hall–Kier alpha value is -2.41. The van der Waals surface area contributed by atoms with Gasteiger partial charge in [0.1, 0.15) is 0 Å². The SMILES string of the molecule is CCC[CH2][Sn]([CH2]CCC)([CH2]CCC)[c]1ccc2c(c1)ncn2-c1ccnc(N[C@@H](C)c2ccccc2)n1. The summed E-state index contributed by atoms with van der Waals surface area (Å²) in [5.41, 5.74) is 3.42. The summed E-state index contributed by atoms with van der Waals surface area (Å²) in [6, 6.07) is 19.7. The number of aromatic nitrogens is 4. The van der Waals surface area contributed by atoms with Crippen molar-refractivity contribution in [3.05, 3.63) is 72.7 Å². The second-order valence-electron chi connectivity index (χ2n) is 10.4. The molecule has 196 valence electrons. The molecule has 4 rings (SSSR count). The van der Waals surface area contributed by atoms with Gasteiger partial charge in [0, 0.05) is 0 Å². The molecule has 0 aliphatic heterocycles. The third-order valence-corrected chi connectivity index (χ3v) is 23.3. The van der Waals surface area contributed by atoms with Crippen LogP contribution in [-0.4, -0.2) is 37.9 Å². The van der Waals surface area contributed by atoms with E-state index in [2.05, 4.69) is 85.0 Å². The number of nitrogens with zero attached hydrogens (tertiary/aromatic N) is 4. The topological polar surface area (TPSA) is 55.6 Å². The molecule has 0 spiro atoms. The Labute approximate surface area is 227 Å². The first kappa shape index (κ1) is 27.6. The molecule has 37 heavy (non-hydrogen) atoms. The molecule has 0 amide bonds. The van der Waals surface area contributed by atoms with Crippen LogP contribution in [0.1, 0.15) is 77.8 Å². The third kappa shape index (κ3) is 6.73. The molecule has 0 fully saturated rings. The van der Waals surface area contributed by atoms with Gasteiger partial charge in [0.2, 0.25) is 0 Å². The van der Waals surface area contributed by atoms with Crippen molar-refractivity contribution in [3.8, 4) is 5.82 Å².